The van der Waals surface area contributed by atoms with Crippen molar-refractivity contribution in [1.82, 2.24) is 10.0 Å². The standard InChI is InChI=1S/C12H19N3O3S/c1-7-5-10(6-11(13)8(7)2)19(17,18)15-9(3)12(16)14-4/h5-6,9,15H,13H2,1-4H3,(H,14,16). The van der Waals surface area contributed by atoms with Crippen molar-refractivity contribution in [3.63, 3.8) is 0 Å². The summed E-state index contributed by atoms with van der Waals surface area (Å²) >= 11 is 0. The minimum absolute atomic E-state index is 0.0591. The van der Waals surface area contributed by atoms with Crippen LogP contribution in [-0.2, 0) is 14.8 Å². The second-order valence-corrected chi connectivity index (χ2v) is 6.13. The van der Waals surface area contributed by atoms with Gasteiger partial charge in [-0.05, 0) is 44.0 Å². The lowest BCUT2D eigenvalue weighted by atomic mass is 10.1. The molecule has 6 nitrogen and oxygen atoms in total. The topological polar surface area (TPSA) is 101 Å². The van der Waals surface area contributed by atoms with Crippen LogP contribution in [0.25, 0.3) is 0 Å². The summed E-state index contributed by atoms with van der Waals surface area (Å²) in [5.41, 5.74) is 7.80. The number of nitrogen functional groups attached to an aromatic ring is 1. The van der Waals surface area contributed by atoms with Crippen LogP contribution in [0.15, 0.2) is 17.0 Å². The molecule has 4 N–H and O–H groups in total. The molecule has 19 heavy (non-hydrogen) atoms. The first-order valence-electron chi connectivity index (χ1n) is 5.79. The van der Waals surface area contributed by atoms with Crippen molar-refractivity contribution >= 4 is 21.6 Å². The summed E-state index contributed by atoms with van der Waals surface area (Å²) in [5.74, 6) is -0.402. The summed E-state index contributed by atoms with van der Waals surface area (Å²) in [5, 5.41) is 2.38. The van der Waals surface area contributed by atoms with Crippen molar-refractivity contribution < 1.29 is 13.2 Å². The first kappa shape index (κ1) is 15.5. The molecular weight excluding hydrogens is 266 g/mol. The van der Waals surface area contributed by atoms with Crippen molar-refractivity contribution in [2.75, 3.05) is 12.8 Å². The quantitative estimate of drug-likeness (QED) is 0.692. The fraction of sp³-hybridized carbons (Fsp3) is 0.417. The van der Waals surface area contributed by atoms with Gasteiger partial charge in [-0.1, -0.05) is 0 Å². The molecule has 0 fully saturated rings. The Morgan fingerprint density at radius 1 is 1.32 bits per heavy atom. The number of amides is 1. The molecule has 0 spiro atoms. The van der Waals surface area contributed by atoms with Crippen LogP contribution < -0.4 is 15.8 Å². The molecule has 1 aromatic rings. The molecule has 0 bridgehead atoms. The van der Waals surface area contributed by atoms with Gasteiger partial charge in [0.1, 0.15) is 0 Å². The molecule has 1 atom stereocenters. The van der Waals surface area contributed by atoms with Gasteiger partial charge in [0, 0.05) is 12.7 Å². The number of sulfonamides is 1. The highest BCUT2D eigenvalue weighted by Crippen LogP contribution is 2.21. The second-order valence-electron chi connectivity index (χ2n) is 4.41. The normalized spacial score (nSPS) is 13.1. The van der Waals surface area contributed by atoms with Crippen LogP contribution in [0.5, 0.6) is 0 Å². The zero-order valence-corrected chi connectivity index (χ0v) is 12.3. The summed E-state index contributed by atoms with van der Waals surface area (Å²) in [6, 6.07) is 2.07. The number of benzene rings is 1. The maximum atomic E-state index is 12.1. The molecule has 106 valence electrons. The third kappa shape index (κ3) is 3.45. The van der Waals surface area contributed by atoms with E-state index in [4.69, 9.17) is 5.73 Å². The monoisotopic (exact) mass is 285 g/mol. The molecule has 0 heterocycles. The van der Waals surface area contributed by atoms with Crippen LogP contribution in [0, 0.1) is 13.8 Å². The maximum Gasteiger partial charge on any atom is 0.241 e. The molecule has 1 aromatic carbocycles. The molecular formula is C12H19N3O3S. The maximum absolute atomic E-state index is 12.1. The Bertz CT molecular complexity index is 573. The highest BCUT2D eigenvalue weighted by Gasteiger charge is 2.22. The van der Waals surface area contributed by atoms with Gasteiger partial charge in [-0.3, -0.25) is 4.79 Å². The molecule has 0 aliphatic rings. The third-order valence-corrected chi connectivity index (χ3v) is 4.48. The number of hydrogen-bond donors (Lipinski definition) is 3. The number of nitrogens with two attached hydrogens (primary N) is 1. The molecule has 0 saturated carbocycles. The molecule has 1 rings (SSSR count). The van der Waals surface area contributed by atoms with E-state index in [1.807, 2.05) is 6.92 Å². The highest BCUT2D eigenvalue weighted by molar-refractivity contribution is 7.89. The van der Waals surface area contributed by atoms with E-state index < -0.39 is 22.0 Å². The lowest BCUT2D eigenvalue weighted by Gasteiger charge is -2.14. The highest BCUT2D eigenvalue weighted by atomic mass is 32.2. The van der Waals surface area contributed by atoms with Crippen LogP contribution in [0.2, 0.25) is 0 Å². The second kappa shape index (κ2) is 5.58. The zero-order chi connectivity index (χ0) is 14.8. The predicted octanol–water partition coefficient (Wildman–Crippen LogP) is 0.298. The van der Waals surface area contributed by atoms with Crippen LogP contribution in [-0.4, -0.2) is 27.4 Å². The first-order chi connectivity index (χ1) is 8.69. The molecule has 1 unspecified atom stereocenters. The Balaban J connectivity index is 3.11. The lowest BCUT2D eigenvalue weighted by Crippen LogP contribution is -2.43. The van der Waals surface area contributed by atoms with Gasteiger partial charge in [0.15, 0.2) is 0 Å². The van der Waals surface area contributed by atoms with Crippen LogP contribution >= 0.6 is 0 Å². The molecule has 7 heteroatoms. The van der Waals surface area contributed by atoms with Gasteiger partial charge in [-0.15, -0.1) is 0 Å². The van der Waals surface area contributed by atoms with Crippen LogP contribution in [0.4, 0.5) is 5.69 Å². The summed E-state index contributed by atoms with van der Waals surface area (Å²) in [4.78, 5) is 11.4. The van der Waals surface area contributed by atoms with Crippen LogP contribution in [0.3, 0.4) is 0 Å². The SMILES string of the molecule is CNC(=O)C(C)NS(=O)(=O)c1cc(C)c(C)c(N)c1. The van der Waals surface area contributed by atoms with E-state index in [2.05, 4.69) is 10.0 Å². The first-order valence-corrected chi connectivity index (χ1v) is 7.28. The number of aryl methyl sites for hydroxylation is 1. The van der Waals surface area contributed by atoms with E-state index in [1.165, 1.54) is 26.1 Å². The summed E-state index contributed by atoms with van der Waals surface area (Å²) < 4.78 is 26.6. The fourth-order valence-corrected chi connectivity index (χ4v) is 2.90. The minimum atomic E-state index is -3.77. The van der Waals surface area contributed by atoms with Gasteiger partial charge < -0.3 is 11.1 Å². The van der Waals surface area contributed by atoms with Crippen molar-refractivity contribution in [3.05, 3.63) is 23.3 Å². The van der Waals surface area contributed by atoms with Crippen molar-refractivity contribution in [3.8, 4) is 0 Å². The van der Waals surface area contributed by atoms with Crippen LogP contribution in [0.1, 0.15) is 18.1 Å². The number of carbonyl (C=O) groups is 1. The molecule has 0 aromatic heterocycles. The van der Waals surface area contributed by atoms with Gasteiger partial charge in [0.2, 0.25) is 15.9 Å². The average molecular weight is 285 g/mol. The largest absolute Gasteiger partial charge is 0.398 e. The Hall–Kier alpha value is -1.60. The number of rotatable bonds is 4. The van der Waals surface area contributed by atoms with E-state index in [0.717, 1.165) is 11.1 Å². The van der Waals surface area contributed by atoms with E-state index in [-0.39, 0.29) is 4.90 Å². The Labute approximate surface area is 113 Å². The average Bonchev–Trinajstić information content (AvgIpc) is 2.33. The molecule has 0 radical (unpaired) electrons. The molecule has 1 amide bonds. The van der Waals surface area contributed by atoms with E-state index >= 15 is 0 Å². The van der Waals surface area contributed by atoms with Gasteiger partial charge in [-0.2, -0.15) is 4.72 Å². The Morgan fingerprint density at radius 3 is 2.37 bits per heavy atom. The molecule has 0 aliphatic heterocycles. The number of anilines is 1. The smallest absolute Gasteiger partial charge is 0.241 e. The van der Waals surface area contributed by atoms with E-state index in [1.54, 1.807) is 6.92 Å². The van der Waals surface area contributed by atoms with Gasteiger partial charge in [-0.25, -0.2) is 8.42 Å². The molecule has 0 saturated heterocycles. The zero-order valence-electron chi connectivity index (χ0n) is 11.4. The number of nitrogens with one attached hydrogen (secondary N) is 2. The number of carbonyl (C=O) groups excluding carboxylic acids is 1. The predicted molar refractivity (Wildman–Crippen MR) is 74.2 cm³/mol. The lowest BCUT2D eigenvalue weighted by molar-refractivity contribution is -0.121. The summed E-state index contributed by atoms with van der Waals surface area (Å²) in [6.07, 6.45) is 0. The summed E-state index contributed by atoms with van der Waals surface area (Å²) in [6.45, 7) is 5.08. The Kier molecular flexibility index (Phi) is 4.54. The fourth-order valence-electron chi connectivity index (χ4n) is 1.58. The number of likely N-dealkylation sites (N-methyl/N-ethyl adjacent to an activating group) is 1. The van der Waals surface area contributed by atoms with Gasteiger partial charge >= 0.3 is 0 Å². The number of hydrogen-bond acceptors (Lipinski definition) is 4. The van der Waals surface area contributed by atoms with Crippen molar-refractivity contribution in [2.24, 2.45) is 0 Å². The van der Waals surface area contributed by atoms with Gasteiger partial charge in [0.05, 0.1) is 10.9 Å². The third-order valence-electron chi connectivity index (χ3n) is 2.96. The van der Waals surface area contributed by atoms with E-state index in [0.29, 0.717) is 5.69 Å². The Morgan fingerprint density at radius 2 is 1.89 bits per heavy atom. The van der Waals surface area contributed by atoms with Crippen molar-refractivity contribution in [2.45, 2.75) is 31.7 Å². The molecule has 0 aliphatic carbocycles. The van der Waals surface area contributed by atoms with Gasteiger partial charge in [0.25, 0.3) is 0 Å². The van der Waals surface area contributed by atoms with Crippen molar-refractivity contribution in [1.29, 1.82) is 0 Å². The minimum Gasteiger partial charge on any atom is -0.398 e. The van der Waals surface area contributed by atoms with E-state index in [9.17, 15) is 13.2 Å². The summed E-state index contributed by atoms with van der Waals surface area (Å²) in [7, 11) is -2.32.